The van der Waals surface area contributed by atoms with Gasteiger partial charge >= 0.3 is 0 Å². The van der Waals surface area contributed by atoms with E-state index in [0.717, 1.165) is 33.1 Å². The van der Waals surface area contributed by atoms with Gasteiger partial charge in [-0.1, -0.05) is 109 Å². The van der Waals surface area contributed by atoms with Crippen LogP contribution in [0.3, 0.4) is 0 Å². The summed E-state index contributed by atoms with van der Waals surface area (Å²) in [6.45, 7) is 6.26. The van der Waals surface area contributed by atoms with Gasteiger partial charge in [0.05, 0.1) is 17.1 Å². The van der Waals surface area contributed by atoms with Crippen molar-refractivity contribution in [3.05, 3.63) is 150 Å². The van der Waals surface area contributed by atoms with E-state index in [9.17, 15) is 5.21 Å². The van der Waals surface area contributed by atoms with Crippen LogP contribution < -0.4 is 10.4 Å². The van der Waals surface area contributed by atoms with E-state index in [0.29, 0.717) is 5.69 Å². The first kappa shape index (κ1) is 28.3. The highest BCUT2D eigenvalue weighted by Crippen LogP contribution is 2.49. The van der Waals surface area contributed by atoms with Crippen molar-refractivity contribution in [3.63, 3.8) is 0 Å². The molecule has 0 amide bonds. The van der Waals surface area contributed by atoms with E-state index in [1.165, 1.54) is 44.2 Å². The van der Waals surface area contributed by atoms with Gasteiger partial charge in [0, 0.05) is 19.5 Å². The van der Waals surface area contributed by atoms with Crippen molar-refractivity contribution in [1.82, 2.24) is 0 Å². The second kappa shape index (κ2) is 11.2. The van der Waals surface area contributed by atoms with Crippen LogP contribution in [0.4, 0.5) is 11.4 Å². The smallest absolute Gasteiger partial charge is 0.0868 e. The Bertz CT molecular complexity index is 2090. The molecule has 2 N–H and O–H groups in total. The van der Waals surface area contributed by atoms with Crippen molar-refractivity contribution < 1.29 is 5.21 Å². The molecule has 0 saturated carbocycles. The number of benzene rings is 6. The molecule has 0 spiro atoms. The Labute approximate surface area is 264 Å². The lowest BCUT2D eigenvalue weighted by atomic mass is 9.74. The highest BCUT2D eigenvalue weighted by atomic mass is 16.5. The van der Waals surface area contributed by atoms with Crippen molar-refractivity contribution in [2.75, 3.05) is 24.5 Å². The summed E-state index contributed by atoms with van der Waals surface area (Å²) in [4.78, 5) is 4.56. The average molecular weight is 586 g/mol. The van der Waals surface area contributed by atoms with Crippen molar-refractivity contribution in [2.45, 2.75) is 12.3 Å². The number of hydrogen-bond acceptors (Lipinski definition) is 4. The summed E-state index contributed by atoms with van der Waals surface area (Å²) in [5, 5.41) is 17.0. The maximum atomic E-state index is 10.2. The van der Waals surface area contributed by atoms with Crippen LogP contribution in [0.2, 0.25) is 0 Å². The molecule has 6 aromatic rings. The minimum atomic E-state index is -0.474. The van der Waals surface area contributed by atoms with Crippen LogP contribution >= 0.6 is 0 Å². The van der Waals surface area contributed by atoms with Crippen LogP contribution in [0.5, 0.6) is 0 Å². The van der Waals surface area contributed by atoms with Crippen molar-refractivity contribution >= 4 is 34.6 Å². The lowest BCUT2D eigenvalue weighted by Crippen LogP contribution is -2.21. The van der Waals surface area contributed by atoms with Crippen LogP contribution in [0.1, 0.15) is 23.6 Å². The fourth-order valence-corrected chi connectivity index (χ4v) is 6.75. The SMILES string of the molecule is C=N/C(=C\C(C)(c1ccccc1)c1ccc2c(c1)-c1cccc3cccc-2c13)c1ccc(-c2ccc(NC)c(N(C)O)c2)cc1. The lowest BCUT2D eigenvalue weighted by molar-refractivity contribution is 0.280. The average Bonchev–Trinajstić information content (AvgIpc) is 3.42. The minimum absolute atomic E-state index is 0.474. The summed E-state index contributed by atoms with van der Waals surface area (Å²) in [5.74, 6) is 0. The number of hydroxylamine groups is 1. The van der Waals surface area contributed by atoms with Crippen molar-refractivity contribution in [1.29, 1.82) is 0 Å². The van der Waals surface area contributed by atoms with Gasteiger partial charge in [-0.3, -0.25) is 15.3 Å². The van der Waals surface area contributed by atoms with Gasteiger partial charge in [-0.05, 0) is 98.8 Å². The molecule has 0 aromatic heterocycles. The lowest BCUT2D eigenvalue weighted by Gasteiger charge is -2.29. The first-order chi connectivity index (χ1) is 21.9. The highest BCUT2D eigenvalue weighted by molar-refractivity contribution is 6.15. The van der Waals surface area contributed by atoms with Gasteiger partial charge in [-0.25, -0.2) is 0 Å². The third-order valence-corrected chi connectivity index (χ3v) is 9.20. The fourth-order valence-electron chi connectivity index (χ4n) is 6.75. The quantitative estimate of drug-likeness (QED) is 0.138. The van der Waals surface area contributed by atoms with Gasteiger partial charge in [0.2, 0.25) is 0 Å². The van der Waals surface area contributed by atoms with E-state index in [-0.39, 0.29) is 0 Å². The predicted molar refractivity (Wildman–Crippen MR) is 190 cm³/mol. The zero-order valence-corrected chi connectivity index (χ0v) is 25.8. The Morgan fingerprint density at radius 3 is 2.09 bits per heavy atom. The summed E-state index contributed by atoms with van der Waals surface area (Å²) >= 11 is 0. The van der Waals surface area contributed by atoms with E-state index in [1.54, 1.807) is 7.05 Å². The summed E-state index contributed by atoms with van der Waals surface area (Å²) in [7, 11) is 3.47. The molecule has 6 aromatic carbocycles. The van der Waals surface area contributed by atoms with Crippen LogP contribution in [-0.2, 0) is 5.41 Å². The van der Waals surface area contributed by atoms with E-state index in [4.69, 9.17) is 0 Å². The molecule has 1 aliphatic carbocycles. The molecule has 0 radical (unpaired) electrons. The number of aliphatic imine (C=N–C) groups is 1. The highest BCUT2D eigenvalue weighted by Gasteiger charge is 2.30. The molecular formula is C41H35N3O. The predicted octanol–water partition coefficient (Wildman–Crippen LogP) is 10.1. The molecular weight excluding hydrogens is 550 g/mol. The molecule has 4 heteroatoms. The number of nitrogens with zero attached hydrogens (tertiary/aromatic N) is 2. The standard InChI is InChI=1S/C41H35N3O/c1-41(31-12-6-5-7-13-31,32-21-22-33-34-14-8-10-29-11-9-15-35(40(29)34)36(33)25-32)26-38(43-3)28-18-16-27(17-19-28)30-20-23-37(42-2)39(24-30)44(4)45/h5-26,42,45H,3H2,1-2,4H3/b38-26-. The second-order valence-electron chi connectivity index (χ2n) is 11.8. The summed E-state index contributed by atoms with van der Waals surface area (Å²) < 4.78 is 0. The number of fused-ring (bicyclic) bond motifs is 3. The van der Waals surface area contributed by atoms with Crippen LogP contribution in [0.15, 0.2) is 138 Å². The Morgan fingerprint density at radius 1 is 0.733 bits per heavy atom. The number of rotatable bonds is 8. The first-order valence-electron chi connectivity index (χ1n) is 15.2. The number of allylic oxidation sites excluding steroid dienone is 1. The molecule has 0 fully saturated rings. The molecule has 1 aliphatic rings. The summed E-state index contributed by atoms with van der Waals surface area (Å²) in [5.41, 5.74) is 12.5. The molecule has 1 unspecified atom stereocenters. The fraction of sp³-hybridized carbons (Fsp3) is 0.0976. The molecule has 0 saturated heterocycles. The Balaban J connectivity index is 1.31. The van der Waals surface area contributed by atoms with Gasteiger partial charge in [0.15, 0.2) is 0 Å². The van der Waals surface area contributed by atoms with Gasteiger partial charge in [-0.15, -0.1) is 0 Å². The molecule has 220 valence electrons. The molecule has 7 rings (SSSR count). The zero-order valence-electron chi connectivity index (χ0n) is 25.8. The zero-order chi connectivity index (χ0) is 31.1. The Hall–Kier alpha value is -5.45. The van der Waals surface area contributed by atoms with Crippen LogP contribution in [-0.4, -0.2) is 26.0 Å². The second-order valence-corrected chi connectivity index (χ2v) is 11.8. The van der Waals surface area contributed by atoms with Crippen molar-refractivity contribution in [3.8, 4) is 33.4 Å². The van der Waals surface area contributed by atoms with Crippen LogP contribution in [0.25, 0.3) is 49.9 Å². The van der Waals surface area contributed by atoms with Gasteiger partial charge < -0.3 is 5.32 Å². The minimum Gasteiger partial charge on any atom is -0.386 e. The Morgan fingerprint density at radius 2 is 1.42 bits per heavy atom. The molecule has 0 heterocycles. The topological polar surface area (TPSA) is 47.9 Å². The maximum absolute atomic E-state index is 10.2. The summed E-state index contributed by atoms with van der Waals surface area (Å²) in [6, 6.07) is 45.1. The monoisotopic (exact) mass is 585 g/mol. The van der Waals surface area contributed by atoms with E-state index in [2.05, 4.69) is 145 Å². The third-order valence-electron chi connectivity index (χ3n) is 9.20. The van der Waals surface area contributed by atoms with Crippen molar-refractivity contribution in [2.24, 2.45) is 4.99 Å². The Kier molecular flexibility index (Phi) is 7.07. The normalized spacial score (nSPS) is 13.3. The molecule has 1 atom stereocenters. The third kappa shape index (κ3) is 4.80. The maximum Gasteiger partial charge on any atom is 0.0868 e. The van der Waals surface area contributed by atoms with E-state index in [1.807, 2.05) is 19.2 Å². The number of nitrogens with one attached hydrogen (secondary N) is 1. The van der Waals surface area contributed by atoms with Gasteiger partial charge in [0.25, 0.3) is 0 Å². The molecule has 0 bridgehead atoms. The summed E-state index contributed by atoms with van der Waals surface area (Å²) in [6.07, 6.45) is 2.25. The number of anilines is 2. The van der Waals surface area contributed by atoms with Gasteiger partial charge in [-0.2, -0.15) is 0 Å². The van der Waals surface area contributed by atoms with Gasteiger partial charge in [0.1, 0.15) is 0 Å². The largest absolute Gasteiger partial charge is 0.386 e. The van der Waals surface area contributed by atoms with E-state index >= 15 is 0 Å². The first-order valence-corrected chi connectivity index (χ1v) is 15.2. The van der Waals surface area contributed by atoms with E-state index < -0.39 is 5.41 Å². The van der Waals surface area contributed by atoms with Crippen LogP contribution in [0, 0.1) is 0 Å². The molecule has 45 heavy (non-hydrogen) atoms. The molecule has 4 nitrogen and oxygen atoms in total. The number of hydrogen-bond donors (Lipinski definition) is 2. The molecule has 0 aliphatic heterocycles.